The Labute approximate surface area is 221 Å². The van der Waals surface area contributed by atoms with Crippen molar-refractivity contribution in [1.29, 1.82) is 0 Å². The van der Waals surface area contributed by atoms with E-state index in [0.717, 1.165) is 67.2 Å². The Hall–Kier alpha value is -4.04. The van der Waals surface area contributed by atoms with E-state index < -0.39 is 0 Å². The molecule has 8 heteroatoms. The molecule has 0 N–H and O–H groups in total. The van der Waals surface area contributed by atoms with Gasteiger partial charge in [0.1, 0.15) is 5.65 Å². The Morgan fingerprint density at radius 1 is 0.974 bits per heavy atom. The highest BCUT2D eigenvalue weighted by Crippen LogP contribution is 2.33. The zero-order chi connectivity index (χ0) is 26.4. The van der Waals surface area contributed by atoms with Crippen LogP contribution in [0.1, 0.15) is 29.7 Å². The minimum absolute atomic E-state index is 0.0627. The van der Waals surface area contributed by atoms with Gasteiger partial charge >= 0.3 is 0 Å². The number of benzene rings is 2. The van der Waals surface area contributed by atoms with Crippen LogP contribution >= 0.6 is 0 Å². The molecule has 4 aromatic rings. The van der Waals surface area contributed by atoms with Gasteiger partial charge in [-0.2, -0.15) is 0 Å². The summed E-state index contributed by atoms with van der Waals surface area (Å²) in [4.78, 5) is 32.7. The molecule has 0 bridgehead atoms. The first-order valence-corrected chi connectivity index (χ1v) is 13.2. The molecule has 2 fully saturated rings. The van der Waals surface area contributed by atoms with Crippen molar-refractivity contribution in [3.05, 3.63) is 87.7 Å². The number of aromatic nitrogens is 2. The average molecular weight is 510 g/mol. The Balaban J connectivity index is 1.37. The smallest absolute Gasteiger partial charge is 0.269 e. The number of carbonyl (C=O) groups is 1. The molecule has 1 saturated heterocycles. The Bertz CT molecular complexity index is 1530. The van der Waals surface area contributed by atoms with E-state index in [1.54, 1.807) is 12.1 Å². The van der Waals surface area contributed by atoms with Crippen molar-refractivity contribution in [3.8, 4) is 22.4 Å². The highest BCUT2D eigenvalue weighted by Gasteiger charge is 2.34. The van der Waals surface area contributed by atoms with E-state index in [9.17, 15) is 14.9 Å². The van der Waals surface area contributed by atoms with Gasteiger partial charge in [-0.3, -0.25) is 19.8 Å². The first kappa shape index (κ1) is 24.3. The second-order valence-corrected chi connectivity index (χ2v) is 10.6. The highest BCUT2D eigenvalue weighted by atomic mass is 16.6. The maximum absolute atomic E-state index is 12.5. The van der Waals surface area contributed by atoms with Gasteiger partial charge in [0, 0.05) is 62.5 Å². The molecule has 194 valence electrons. The monoisotopic (exact) mass is 509 g/mol. The van der Waals surface area contributed by atoms with Crippen LogP contribution in [0, 0.1) is 29.9 Å². The molecule has 8 nitrogen and oxygen atoms in total. The number of nitro benzene ring substituents is 1. The van der Waals surface area contributed by atoms with Gasteiger partial charge in [-0.1, -0.05) is 23.8 Å². The number of carbonyl (C=O) groups excluding carboxylic acids is 1. The SMILES string of the molecule is Cc1ccc(C)c(-c2ccc3nc(-c4ccc([N+](=O)[O-])cc4)c(CN4CCN(C(=O)C5CC5)CC4)n3c2)c1. The summed E-state index contributed by atoms with van der Waals surface area (Å²) < 4.78 is 2.16. The quantitative estimate of drug-likeness (QED) is 0.262. The lowest BCUT2D eigenvalue weighted by Crippen LogP contribution is -2.48. The van der Waals surface area contributed by atoms with Crippen molar-refractivity contribution in [2.45, 2.75) is 33.2 Å². The molecule has 2 aliphatic rings. The van der Waals surface area contributed by atoms with Gasteiger partial charge in [0.2, 0.25) is 5.91 Å². The summed E-state index contributed by atoms with van der Waals surface area (Å²) in [6.45, 7) is 8.00. The first-order valence-electron chi connectivity index (χ1n) is 13.2. The van der Waals surface area contributed by atoms with E-state index in [1.807, 2.05) is 11.0 Å². The van der Waals surface area contributed by atoms with Crippen molar-refractivity contribution in [1.82, 2.24) is 19.2 Å². The normalized spacial score (nSPS) is 16.2. The molecule has 2 aromatic carbocycles. The fourth-order valence-electron chi connectivity index (χ4n) is 5.35. The molecule has 1 aliphatic carbocycles. The van der Waals surface area contributed by atoms with Gasteiger partial charge in [0.25, 0.3) is 5.69 Å². The summed E-state index contributed by atoms with van der Waals surface area (Å²) in [7, 11) is 0. The van der Waals surface area contributed by atoms with Crippen LogP contribution in [0.15, 0.2) is 60.8 Å². The fourth-order valence-corrected chi connectivity index (χ4v) is 5.35. The zero-order valence-electron chi connectivity index (χ0n) is 21.8. The molecular weight excluding hydrogens is 478 g/mol. The minimum Gasteiger partial charge on any atom is -0.340 e. The lowest BCUT2D eigenvalue weighted by atomic mass is 10.00. The van der Waals surface area contributed by atoms with Crippen LogP contribution in [0.4, 0.5) is 5.69 Å². The maximum atomic E-state index is 12.5. The number of pyridine rings is 1. The number of fused-ring (bicyclic) bond motifs is 1. The van der Waals surface area contributed by atoms with Crippen LogP contribution in [-0.4, -0.2) is 56.2 Å². The molecule has 1 saturated carbocycles. The van der Waals surface area contributed by atoms with E-state index in [4.69, 9.17) is 4.98 Å². The number of nitro groups is 1. The lowest BCUT2D eigenvalue weighted by Gasteiger charge is -2.35. The summed E-state index contributed by atoms with van der Waals surface area (Å²) in [5, 5.41) is 11.2. The van der Waals surface area contributed by atoms with Gasteiger partial charge < -0.3 is 9.30 Å². The van der Waals surface area contributed by atoms with Crippen LogP contribution < -0.4 is 0 Å². The zero-order valence-corrected chi connectivity index (χ0v) is 21.8. The summed E-state index contributed by atoms with van der Waals surface area (Å²) in [5.41, 5.74) is 8.36. The van der Waals surface area contributed by atoms with Crippen LogP contribution in [-0.2, 0) is 11.3 Å². The second kappa shape index (κ2) is 9.68. The third kappa shape index (κ3) is 4.67. The highest BCUT2D eigenvalue weighted by molar-refractivity contribution is 5.81. The molecule has 38 heavy (non-hydrogen) atoms. The van der Waals surface area contributed by atoms with Gasteiger partial charge in [0.15, 0.2) is 0 Å². The van der Waals surface area contributed by atoms with E-state index in [1.165, 1.54) is 28.8 Å². The number of non-ortho nitro benzene ring substituents is 1. The van der Waals surface area contributed by atoms with Crippen LogP contribution in [0.2, 0.25) is 0 Å². The fraction of sp³-hybridized carbons (Fsp3) is 0.333. The topological polar surface area (TPSA) is 84.0 Å². The molecule has 0 atom stereocenters. The van der Waals surface area contributed by atoms with E-state index in [-0.39, 0.29) is 16.5 Å². The van der Waals surface area contributed by atoms with Crippen LogP contribution in [0.3, 0.4) is 0 Å². The Morgan fingerprint density at radius 3 is 2.37 bits per heavy atom. The average Bonchev–Trinajstić information content (AvgIpc) is 3.72. The Kier molecular flexibility index (Phi) is 6.19. The van der Waals surface area contributed by atoms with E-state index >= 15 is 0 Å². The molecule has 2 aromatic heterocycles. The molecule has 3 heterocycles. The Morgan fingerprint density at radius 2 is 1.68 bits per heavy atom. The van der Waals surface area contributed by atoms with Gasteiger partial charge in [-0.15, -0.1) is 0 Å². The summed E-state index contributed by atoms with van der Waals surface area (Å²) in [5.74, 6) is 0.557. The lowest BCUT2D eigenvalue weighted by molar-refractivity contribution is -0.384. The first-order chi connectivity index (χ1) is 18.4. The van der Waals surface area contributed by atoms with Crippen molar-refractivity contribution in [2.24, 2.45) is 5.92 Å². The molecule has 6 rings (SSSR count). The van der Waals surface area contributed by atoms with Gasteiger partial charge in [0.05, 0.1) is 16.3 Å². The van der Waals surface area contributed by atoms with E-state index in [2.05, 4.69) is 53.6 Å². The standard InChI is InChI=1S/C30H31N5O3/c1-20-3-4-21(2)26(17-20)24-9-12-28-31-29(22-7-10-25(11-8-22)35(37)38)27(34(28)18-24)19-32-13-15-33(16-14-32)30(36)23-5-6-23/h3-4,7-12,17-18,23H,5-6,13-16,19H2,1-2H3. The van der Waals surface area contributed by atoms with Crippen molar-refractivity contribution >= 4 is 17.2 Å². The predicted octanol–water partition coefficient (Wildman–Crippen LogP) is 5.25. The number of hydrogen-bond donors (Lipinski definition) is 0. The number of rotatable bonds is 6. The number of hydrogen-bond acceptors (Lipinski definition) is 5. The van der Waals surface area contributed by atoms with Gasteiger partial charge in [-0.05, 0) is 67.6 Å². The van der Waals surface area contributed by atoms with Crippen molar-refractivity contribution in [2.75, 3.05) is 26.2 Å². The molecule has 1 aliphatic heterocycles. The molecule has 1 amide bonds. The number of amides is 1. The summed E-state index contributed by atoms with van der Waals surface area (Å²) in [6, 6.07) is 17.3. The summed E-state index contributed by atoms with van der Waals surface area (Å²) >= 11 is 0. The molecular formula is C30H31N5O3. The molecule has 0 unspecified atom stereocenters. The number of nitrogens with zero attached hydrogens (tertiary/aromatic N) is 5. The van der Waals surface area contributed by atoms with Crippen LogP contribution in [0.25, 0.3) is 28.0 Å². The maximum Gasteiger partial charge on any atom is 0.269 e. The molecule has 0 spiro atoms. The van der Waals surface area contributed by atoms with Crippen molar-refractivity contribution < 1.29 is 9.72 Å². The third-order valence-electron chi connectivity index (χ3n) is 7.76. The number of aryl methyl sites for hydroxylation is 2. The largest absolute Gasteiger partial charge is 0.340 e. The minimum atomic E-state index is -0.382. The second-order valence-electron chi connectivity index (χ2n) is 10.6. The van der Waals surface area contributed by atoms with E-state index in [0.29, 0.717) is 12.5 Å². The summed E-state index contributed by atoms with van der Waals surface area (Å²) in [6.07, 6.45) is 4.21. The molecule has 0 radical (unpaired) electrons. The van der Waals surface area contributed by atoms with Crippen molar-refractivity contribution in [3.63, 3.8) is 0 Å². The predicted molar refractivity (Wildman–Crippen MR) is 147 cm³/mol. The number of imidazole rings is 1. The third-order valence-corrected chi connectivity index (χ3v) is 7.76. The van der Waals surface area contributed by atoms with Gasteiger partial charge in [-0.25, -0.2) is 4.98 Å². The van der Waals surface area contributed by atoms with Crippen LogP contribution in [0.5, 0.6) is 0 Å². The number of piperazine rings is 1.